The van der Waals surface area contributed by atoms with E-state index in [9.17, 15) is 14.9 Å². The Morgan fingerprint density at radius 1 is 1.00 bits per heavy atom. The molecule has 1 aliphatic carbocycles. The maximum absolute atomic E-state index is 12.2. The van der Waals surface area contributed by atoms with E-state index in [0.29, 0.717) is 18.4 Å². The van der Waals surface area contributed by atoms with E-state index < -0.39 is 6.04 Å². The van der Waals surface area contributed by atoms with Crippen molar-refractivity contribution in [2.24, 2.45) is 5.41 Å². The number of carbonyl (C=O) groups is 1. The minimum absolute atomic E-state index is 0.101. The van der Waals surface area contributed by atoms with Crippen molar-refractivity contribution in [1.82, 2.24) is 0 Å². The summed E-state index contributed by atoms with van der Waals surface area (Å²) in [4.78, 5) is 24.2. The number of carbonyl (C=O) groups excluding carboxylic acids is 1. The lowest BCUT2D eigenvalue weighted by Crippen LogP contribution is -2.25. The average Bonchev–Trinajstić information content (AvgIpc) is 2.61. The van der Waals surface area contributed by atoms with Crippen LogP contribution >= 0.6 is 0 Å². The number of rotatable bonds is 6. The van der Waals surface area contributed by atoms with Crippen molar-refractivity contribution in [1.29, 1.82) is 0 Å². The smallest absolute Gasteiger partial charge is 0.245 e. The van der Waals surface area contributed by atoms with Gasteiger partial charge in [0.25, 0.3) is 0 Å². The molecule has 0 radical (unpaired) electrons. The SMILES string of the molecule is Cc1ccc([C@@H](CC2=CC(=O)CC(C)(C)C2)[C@H](c2ccccc2)[N+](=O)[O-])cc1. The number of aryl methyl sites for hydroxylation is 1. The molecule has 0 aliphatic heterocycles. The minimum Gasteiger partial charge on any atom is -0.295 e. The summed E-state index contributed by atoms with van der Waals surface area (Å²) in [5.41, 5.74) is 3.66. The fourth-order valence-corrected chi connectivity index (χ4v) is 4.27. The van der Waals surface area contributed by atoms with Gasteiger partial charge in [-0.2, -0.15) is 0 Å². The van der Waals surface area contributed by atoms with Crippen LogP contribution in [0.1, 0.15) is 61.8 Å². The summed E-state index contributed by atoms with van der Waals surface area (Å²) < 4.78 is 0. The van der Waals surface area contributed by atoms with Gasteiger partial charge in [-0.25, -0.2) is 0 Å². The third kappa shape index (κ3) is 4.75. The number of allylic oxidation sites excluding steroid dienone is 2. The normalized spacial score (nSPS) is 18.2. The molecule has 0 amide bonds. The van der Waals surface area contributed by atoms with Crippen molar-refractivity contribution >= 4 is 5.78 Å². The third-order valence-electron chi connectivity index (χ3n) is 5.46. The highest BCUT2D eigenvalue weighted by atomic mass is 16.6. The highest BCUT2D eigenvalue weighted by Gasteiger charge is 2.37. The molecule has 146 valence electrons. The standard InChI is InChI=1S/C24H27NO3/c1-17-9-11-19(12-10-17)22(14-18-13-21(26)16-24(2,3)15-18)23(25(27)28)20-7-5-4-6-8-20/h4-13,22-23H,14-16H2,1-3H3/t22-,23+/m1/s1. The molecule has 4 nitrogen and oxygen atoms in total. The molecule has 0 unspecified atom stereocenters. The summed E-state index contributed by atoms with van der Waals surface area (Å²) in [6, 6.07) is 16.3. The Morgan fingerprint density at radius 3 is 2.21 bits per heavy atom. The van der Waals surface area contributed by atoms with Crippen LogP contribution in [0, 0.1) is 22.5 Å². The lowest BCUT2D eigenvalue weighted by molar-refractivity contribution is -0.533. The molecule has 0 saturated carbocycles. The highest BCUT2D eigenvalue weighted by Crippen LogP contribution is 2.43. The minimum atomic E-state index is -0.857. The molecule has 0 fully saturated rings. The van der Waals surface area contributed by atoms with Gasteiger partial charge in [0.05, 0.1) is 5.92 Å². The average molecular weight is 377 g/mol. The van der Waals surface area contributed by atoms with Crippen LogP contribution in [-0.2, 0) is 4.79 Å². The quantitative estimate of drug-likeness (QED) is 0.472. The summed E-state index contributed by atoms with van der Waals surface area (Å²) in [5.74, 6) is -0.211. The zero-order valence-corrected chi connectivity index (χ0v) is 16.7. The predicted octanol–water partition coefficient (Wildman–Crippen LogP) is 5.80. The van der Waals surface area contributed by atoms with Crippen LogP contribution < -0.4 is 0 Å². The van der Waals surface area contributed by atoms with Gasteiger partial charge in [-0.15, -0.1) is 0 Å². The summed E-state index contributed by atoms with van der Waals surface area (Å²) >= 11 is 0. The first-order chi connectivity index (χ1) is 13.2. The molecule has 2 atom stereocenters. The molecule has 0 heterocycles. The van der Waals surface area contributed by atoms with Crippen LogP contribution in [0.2, 0.25) is 0 Å². The van der Waals surface area contributed by atoms with Gasteiger partial charge >= 0.3 is 0 Å². The Kier molecular flexibility index (Phi) is 5.78. The Morgan fingerprint density at radius 2 is 1.64 bits per heavy atom. The molecule has 0 aromatic heterocycles. The van der Waals surface area contributed by atoms with Gasteiger partial charge in [0.15, 0.2) is 5.78 Å². The number of benzene rings is 2. The molecule has 2 aromatic carbocycles. The Balaban J connectivity index is 2.03. The Labute approximate surface area is 166 Å². The molecule has 0 spiro atoms. The van der Waals surface area contributed by atoms with E-state index in [0.717, 1.165) is 23.1 Å². The summed E-state index contributed by atoms with van der Waals surface area (Å²) in [6.45, 7) is 6.17. The van der Waals surface area contributed by atoms with Crippen LogP contribution in [0.4, 0.5) is 0 Å². The van der Waals surface area contributed by atoms with Crippen molar-refractivity contribution in [3.8, 4) is 0 Å². The zero-order chi connectivity index (χ0) is 20.3. The second-order valence-electron chi connectivity index (χ2n) is 8.65. The highest BCUT2D eigenvalue weighted by molar-refractivity contribution is 5.91. The fraction of sp³-hybridized carbons (Fsp3) is 0.375. The molecular formula is C24H27NO3. The summed E-state index contributed by atoms with van der Waals surface area (Å²) in [5, 5.41) is 12.1. The zero-order valence-electron chi connectivity index (χ0n) is 16.7. The number of hydrogen-bond acceptors (Lipinski definition) is 3. The summed E-state index contributed by atoms with van der Waals surface area (Å²) in [7, 11) is 0. The van der Waals surface area contributed by atoms with Crippen molar-refractivity contribution in [2.75, 3.05) is 0 Å². The molecule has 28 heavy (non-hydrogen) atoms. The van der Waals surface area contributed by atoms with Gasteiger partial charge in [-0.1, -0.05) is 79.6 Å². The van der Waals surface area contributed by atoms with Gasteiger partial charge in [0, 0.05) is 16.9 Å². The maximum Gasteiger partial charge on any atom is 0.245 e. The first kappa shape index (κ1) is 20.0. The van der Waals surface area contributed by atoms with Crippen molar-refractivity contribution in [2.45, 2.75) is 52.0 Å². The van der Waals surface area contributed by atoms with Crippen LogP contribution in [0.3, 0.4) is 0 Å². The van der Waals surface area contributed by atoms with Crippen LogP contribution in [-0.4, -0.2) is 10.7 Å². The van der Waals surface area contributed by atoms with Gasteiger partial charge in [-0.05, 0) is 36.8 Å². The molecule has 0 saturated heterocycles. The van der Waals surface area contributed by atoms with E-state index in [1.165, 1.54) is 0 Å². The molecule has 2 aromatic rings. The Hall–Kier alpha value is -2.75. The molecular weight excluding hydrogens is 350 g/mol. The first-order valence-corrected chi connectivity index (χ1v) is 9.72. The second kappa shape index (κ2) is 8.09. The third-order valence-corrected chi connectivity index (χ3v) is 5.46. The van der Waals surface area contributed by atoms with Gasteiger partial charge in [0.1, 0.15) is 0 Å². The van der Waals surface area contributed by atoms with Gasteiger partial charge < -0.3 is 0 Å². The van der Waals surface area contributed by atoms with Crippen LogP contribution in [0.25, 0.3) is 0 Å². The topological polar surface area (TPSA) is 60.2 Å². The number of nitro groups is 1. The number of ketones is 1. The maximum atomic E-state index is 12.2. The van der Waals surface area contributed by atoms with Crippen LogP contribution in [0.5, 0.6) is 0 Å². The van der Waals surface area contributed by atoms with Crippen molar-refractivity contribution in [3.63, 3.8) is 0 Å². The molecule has 0 bridgehead atoms. The van der Waals surface area contributed by atoms with Gasteiger partial charge in [0.2, 0.25) is 6.04 Å². The van der Waals surface area contributed by atoms with E-state index in [1.807, 2.05) is 61.5 Å². The lowest BCUT2D eigenvalue weighted by Gasteiger charge is -2.31. The van der Waals surface area contributed by atoms with E-state index in [2.05, 4.69) is 13.8 Å². The Bertz CT molecular complexity index is 882. The van der Waals surface area contributed by atoms with Gasteiger partial charge in [-0.3, -0.25) is 14.9 Å². The van der Waals surface area contributed by atoms with E-state index in [4.69, 9.17) is 0 Å². The second-order valence-corrected chi connectivity index (χ2v) is 8.65. The number of nitrogens with zero attached hydrogens (tertiary/aromatic N) is 1. The number of hydrogen-bond donors (Lipinski definition) is 0. The molecule has 3 rings (SSSR count). The summed E-state index contributed by atoms with van der Waals surface area (Å²) in [6.07, 6.45) is 3.55. The van der Waals surface area contributed by atoms with Crippen molar-refractivity contribution in [3.05, 3.63) is 93.1 Å². The van der Waals surface area contributed by atoms with E-state index >= 15 is 0 Å². The van der Waals surface area contributed by atoms with Crippen LogP contribution in [0.15, 0.2) is 66.2 Å². The lowest BCUT2D eigenvalue weighted by atomic mass is 9.73. The monoisotopic (exact) mass is 377 g/mol. The van der Waals surface area contributed by atoms with E-state index in [-0.39, 0.29) is 22.0 Å². The molecule has 1 aliphatic rings. The predicted molar refractivity (Wildman–Crippen MR) is 111 cm³/mol. The first-order valence-electron chi connectivity index (χ1n) is 9.72. The molecule has 4 heteroatoms. The van der Waals surface area contributed by atoms with E-state index in [1.54, 1.807) is 6.08 Å². The molecule has 0 N–H and O–H groups in total. The fourth-order valence-electron chi connectivity index (χ4n) is 4.27. The van der Waals surface area contributed by atoms with Crippen molar-refractivity contribution < 1.29 is 9.72 Å². The largest absolute Gasteiger partial charge is 0.295 e.